The minimum Gasteiger partial charge on any atom is -0.493 e. The molecule has 0 fully saturated rings. The average molecular weight is 257 g/mol. The number of imidazole rings is 1. The lowest BCUT2D eigenvalue weighted by Crippen LogP contribution is -2.03. The summed E-state index contributed by atoms with van der Waals surface area (Å²) in [7, 11) is 3.23. The van der Waals surface area contributed by atoms with Crippen LogP contribution in [0.15, 0.2) is 30.6 Å². The summed E-state index contributed by atoms with van der Waals surface area (Å²) >= 11 is 0. The topological polar surface area (TPSA) is 60.1 Å². The summed E-state index contributed by atoms with van der Waals surface area (Å²) in [4.78, 5) is 3.97. The van der Waals surface area contributed by atoms with Crippen LogP contribution in [0, 0.1) is 11.3 Å². The Hall–Kier alpha value is -2.48. The van der Waals surface area contributed by atoms with Crippen molar-refractivity contribution in [1.82, 2.24) is 9.55 Å². The second-order valence-electron chi connectivity index (χ2n) is 4.00. The summed E-state index contributed by atoms with van der Waals surface area (Å²) in [6.45, 7) is 0.707. The Morgan fingerprint density at radius 1 is 1.26 bits per heavy atom. The van der Waals surface area contributed by atoms with Crippen molar-refractivity contribution in [3.05, 3.63) is 42.0 Å². The molecule has 0 saturated carbocycles. The first-order valence-corrected chi connectivity index (χ1v) is 5.90. The molecular formula is C14H15N3O2. The zero-order valence-electron chi connectivity index (χ0n) is 11.0. The first-order chi connectivity index (χ1) is 9.28. The zero-order chi connectivity index (χ0) is 13.7. The van der Waals surface area contributed by atoms with Crippen molar-refractivity contribution in [3.63, 3.8) is 0 Å². The highest BCUT2D eigenvalue weighted by Crippen LogP contribution is 2.27. The van der Waals surface area contributed by atoms with Gasteiger partial charge in [-0.1, -0.05) is 6.07 Å². The van der Waals surface area contributed by atoms with Crippen molar-refractivity contribution in [2.45, 2.75) is 13.0 Å². The molecule has 0 amide bonds. The molecule has 1 heterocycles. The van der Waals surface area contributed by atoms with Crippen molar-refractivity contribution in [2.24, 2.45) is 0 Å². The highest BCUT2D eigenvalue weighted by atomic mass is 16.5. The molecule has 0 radical (unpaired) electrons. The second-order valence-corrected chi connectivity index (χ2v) is 4.00. The van der Waals surface area contributed by atoms with E-state index in [1.807, 2.05) is 22.8 Å². The Balaban J connectivity index is 2.10. The van der Waals surface area contributed by atoms with E-state index in [9.17, 15) is 0 Å². The minimum absolute atomic E-state index is 0.431. The Morgan fingerprint density at radius 3 is 2.74 bits per heavy atom. The van der Waals surface area contributed by atoms with Gasteiger partial charge in [0.05, 0.1) is 14.2 Å². The molecule has 0 N–H and O–H groups in total. The van der Waals surface area contributed by atoms with Crippen LogP contribution >= 0.6 is 0 Å². The van der Waals surface area contributed by atoms with Crippen molar-refractivity contribution < 1.29 is 9.47 Å². The smallest absolute Gasteiger partial charge is 0.212 e. The molecule has 2 aromatic rings. The summed E-state index contributed by atoms with van der Waals surface area (Å²) in [5.41, 5.74) is 1.12. The molecule has 98 valence electrons. The number of ether oxygens (including phenoxy) is 2. The van der Waals surface area contributed by atoms with E-state index < -0.39 is 0 Å². The van der Waals surface area contributed by atoms with Crippen LogP contribution in [0.2, 0.25) is 0 Å². The average Bonchev–Trinajstić information content (AvgIpc) is 2.92. The fraction of sp³-hybridized carbons (Fsp3) is 0.286. The van der Waals surface area contributed by atoms with Crippen LogP contribution in [0.3, 0.4) is 0 Å². The zero-order valence-corrected chi connectivity index (χ0v) is 11.0. The number of methoxy groups -OCH3 is 2. The summed E-state index contributed by atoms with van der Waals surface area (Å²) in [6, 6.07) is 7.88. The maximum Gasteiger partial charge on any atom is 0.212 e. The van der Waals surface area contributed by atoms with Crippen LogP contribution in [0.1, 0.15) is 11.4 Å². The minimum atomic E-state index is 0.431. The maximum absolute atomic E-state index is 8.89. The fourth-order valence-corrected chi connectivity index (χ4v) is 1.89. The van der Waals surface area contributed by atoms with E-state index in [0.29, 0.717) is 23.9 Å². The first-order valence-electron chi connectivity index (χ1n) is 5.90. The molecule has 1 aromatic heterocycles. The lowest BCUT2D eigenvalue weighted by atomic mass is 10.1. The van der Waals surface area contributed by atoms with Crippen LogP contribution in [0.4, 0.5) is 0 Å². The predicted octanol–water partition coefficient (Wildman–Crippen LogP) is 2.01. The van der Waals surface area contributed by atoms with Gasteiger partial charge in [0.1, 0.15) is 6.07 Å². The molecule has 2 rings (SSSR count). The van der Waals surface area contributed by atoms with E-state index in [0.717, 1.165) is 12.0 Å². The van der Waals surface area contributed by atoms with Gasteiger partial charge in [0.25, 0.3) is 0 Å². The number of aromatic nitrogens is 2. The summed E-state index contributed by atoms with van der Waals surface area (Å²) < 4.78 is 12.3. The Labute approximate surface area is 112 Å². The molecule has 5 nitrogen and oxygen atoms in total. The van der Waals surface area contributed by atoms with Crippen molar-refractivity contribution in [1.29, 1.82) is 5.26 Å². The number of benzene rings is 1. The maximum atomic E-state index is 8.89. The number of rotatable bonds is 5. The molecule has 0 aliphatic heterocycles. The van der Waals surface area contributed by atoms with Gasteiger partial charge < -0.3 is 14.0 Å². The Kier molecular flexibility index (Phi) is 4.04. The van der Waals surface area contributed by atoms with E-state index in [-0.39, 0.29) is 0 Å². The summed E-state index contributed by atoms with van der Waals surface area (Å²) in [6.07, 6.45) is 4.23. The van der Waals surface area contributed by atoms with Gasteiger partial charge in [-0.3, -0.25) is 0 Å². The molecule has 0 aliphatic rings. The summed E-state index contributed by atoms with van der Waals surface area (Å²) in [5, 5.41) is 8.89. The van der Waals surface area contributed by atoms with Gasteiger partial charge in [-0.2, -0.15) is 5.26 Å². The SMILES string of the molecule is COc1ccc(CCn2ccnc2C#N)cc1OC. The molecule has 1 aromatic carbocycles. The lowest BCUT2D eigenvalue weighted by molar-refractivity contribution is 0.354. The van der Waals surface area contributed by atoms with Gasteiger partial charge in [-0.15, -0.1) is 0 Å². The molecule has 5 heteroatoms. The number of aryl methyl sites for hydroxylation is 2. The highest BCUT2D eigenvalue weighted by Gasteiger charge is 2.06. The molecule has 19 heavy (non-hydrogen) atoms. The van der Waals surface area contributed by atoms with E-state index in [2.05, 4.69) is 11.1 Å². The van der Waals surface area contributed by atoms with Gasteiger partial charge in [-0.05, 0) is 24.1 Å². The van der Waals surface area contributed by atoms with E-state index in [1.54, 1.807) is 26.6 Å². The quantitative estimate of drug-likeness (QED) is 0.822. The van der Waals surface area contributed by atoms with Gasteiger partial charge in [0, 0.05) is 18.9 Å². The van der Waals surface area contributed by atoms with Crippen molar-refractivity contribution in [3.8, 4) is 17.6 Å². The Morgan fingerprint density at radius 2 is 2.05 bits per heavy atom. The van der Waals surface area contributed by atoms with Crippen LogP contribution in [-0.4, -0.2) is 23.8 Å². The monoisotopic (exact) mass is 257 g/mol. The largest absolute Gasteiger partial charge is 0.493 e. The standard InChI is InChI=1S/C14H15N3O2/c1-18-12-4-3-11(9-13(12)19-2)5-7-17-8-6-16-14(17)10-15/h3-4,6,8-9H,5,7H2,1-2H3. The molecule has 0 saturated heterocycles. The molecular weight excluding hydrogens is 242 g/mol. The van der Waals surface area contributed by atoms with Crippen molar-refractivity contribution >= 4 is 0 Å². The van der Waals surface area contributed by atoms with Gasteiger partial charge in [-0.25, -0.2) is 4.98 Å². The number of nitriles is 1. The number of hydrogen-bond donors (Lipinski definition) is 0. The first kappa shape index (κ1) is 13.0. The fourth-order valence-electron chi connectivity index (χ4n) is 1.89. The van der Waals surface area contributed by atoms with Crippen LogP contribution < -0.4 is 9.47 Å². The highest BCUT2D eigenvalue weighted by molar-refractivity contribution is 5.42. The van der Waals surface area contributed by atoms with Crippen LogP contribution in [-0.2, 0) is 13.0 Å². The number of nitrogens with zero attached hydrogens (tertiary/aromatic N) is 3. The Bertz CT molecular complexity index is 599. The molecule has 0 aliphatic carbocycles. The van der Waals surface area contributed by atoms with E-state index in [1.165, 1.54) is 0 Å². The molecule has 0 spiro atoms. The molecule has 0 bridgehead atoms. The van der Waals surface area contributed by atoms with Crippen LogP contribution in [0.25, 0.3) is 0 Å². The van der Waals surface area contributed by atoms with Gasteiger partial charge >= 0.3 is 0 Å². The normalized spacial score (nSPS) is 9.95. The van der Waals surface area contributed by atoms with Gasteiger partial charge in [0.2, 0.25) is 5.82 Å². The van der Waals surface area contributed by atoms with Gasteiger partial charge in [0.15, 0.2) is 11.5 Å². The molecule has 0 atom stereocenters. The van der Waals surface area contributed by atoms with Crippen molar-refractivity contribution in [2.75, 3.05) is 14.2 Å². The second kappa shape index (κ2) is 5.91. The predicted molar refractivity (Wildman–Crippen MR) is 70.2 cm³/mol. The third-order valence-corrected chi connectivity index (χ3v) is 2.90. The lowest BCUT2D eigenvalue weighted by Gasteiger charge is -2.10. The van der Waals surface area contributed by atoms with E-state index in [4.69, 9.17) is 14.7 Å². The third kappa shape index (κ3) is 2.86. The van der Waals surface area contributed by atoms with E-state index >= 15 is 0 Å². The van der Waals surface area contributed by atoms with Crippen LogP contribution in [0.5, 0.6) is 11.5 Å². The molecule has 0 unspecified atom stereocenters. The summed E-state index contributed by atoms with van der Waals surface area (Å²) in [5.74, 6) is 1.86. The number of hydrogen-bond acceptors (Lipinski definition) is 4. The third-order valence-electron chi connectivity index (χ3n) is 2.90.